The van der Waals surface area contributed by atoms with E-state index < -0.39 is 16.1 Å². The Hall–Kier alpha value is -2.78. The van der Waals surface area contributed by atoms with Crippen molar-refractivity contribution in [1.82, 2.24) is 4.31 Å². The van der Waals surface area contributed by atoms with E-state index in [4.69, 9.17) is 14.2 Å². The summed E-state index contributed by atoms with van der Waals surface area (Å²) in [6, 6.07) is 9.20. The lowest BCUT2D eigenvalue weighted by Crippen LogP contribution is -2.43. The molecule has 1 N–H and O–H groups in total. The lowest BCUT2D eigenvalue weighted by Gasteiger charge is -2.24. The molecule has 0 saturated carbocycles. The summed E-state index contributed by atoms with van der Waals surface area (Å²) >= 11 is 0. The van der Waals surface area contributed by atoms with Gasteiger partial charge in [0.1, 0.15) is 11.8 Å². The van der Waals surface area contributed by atoms with Crippen molar-refractivity contribution < 1.29 is 27.4 Å². The van der Waals surface area contributed by atoms with Crippen LogP contribution in [0.1, 0.15) is 18.4 Å². The molecule has 2 heterocycles. The van der Waals surface area contributed by atoms with E-state index in [-0.39, 0.29) is 24.1 Å². The van der Waals surface area contributed by atoms with Gasteiger partial charge in [0.15, 0.2) is 11.5 Å². The Kier molecular flexibility index (Phi) is 5.10. The highest BCUT2D eigenvalue weighted by Crippen LogP contribution is 2.35. The molecule has 0 spiro atoms. The summed E-state index contributed by atoms with van der Waals surface area (Å²) < 4.78 is 43.6. The predicted octanol–water partition coefficient (Wildman–Crippen LogP) is 2.52. The van der Waals surface area contributed by atoms with E-state index in [9.17, 15) is 13.2 Å². The van der Waals surface area contributed by atoms with E-state index in [0.29, 0.717) is 41.3 Å². The van der Waals surface area contributed by atoms with Crippen molar-refractivity contribution in [1.29, 1.82) is 0 Å². The maximum absolute atomic E-state index is 13.3. The van der Waals surface area contributed by atoms with Crippen LogP contribution in [0.3, 0.4) is 0 Å². The van der Waals surface area contributed by atoms with Crippen molar-refractivity contribution in [2.45, 2.75) is 30.7 Å². The molecule has 1 fully saturated rings. The highest BCUT2D eigenvalue weighted by molar-refractivity contribution is 7.89. The van der Waals surface area contributed by atoms with Crippen LogP contribution in [0, 0.1) is 6.92 Å². The molecule has 2 aliphatic rings. The fourth-order valence-corrected chi connectivity index (χ4v) is 5.50. The van der Waals surface area contributed by atoms with E-state index >= 15 is 0 Å². The second-order valence-corrected chi connectivity index (χ2v) is 8.82. The number of sulfonamides is 1. The molecule has 2 aromatic rings. The Morgan fingerprint density at radius 2 is 1.97 bits per heavy atom. The van der Waals surface area contributed by atoms with Gasteiger partial charge in [0.05, 0.1) is 12.0 Å². The van der Waals surface area contributed by atoms with Crippen LogP contribution in [0.4, 0.5) is 5.69 Å². The first kappa shape index (κ1) is 19.5. The van der Waals surface area contributed by atoms with Crippen molar-refractivity contribution in [3.63, 3.8) is 0 Å². The molecule has 0 bridgehead atoms. The van der Waals surface area contributed by atoms with Gasteiger partial charge in [0.25, 0.3) is 0 Å². The van der Waals surface area contributed by atoms with Crippen LogP contribution in [0.2, 0.25) is 0 Å². The first-order valence-electron chi connectivity index (χ1n) is 9.27. The monoisotopic (exact) mass is 418 g/mol. The molecule has 0 aliphatic carbocycles. The maximum atomic E-state index is 13.3. The smallest absolute Gasteiger partial charge is 0.244 e. The quantitative estimate of drug-likeness (QED) is 0.802. The molecule has 8 nitrogen and oxygen atoms in total. The molecule has 9 heteroatoms. The van der Waals surface area contributed by atoms with Crippen LogP contribution < -0.4 is 19.5 Å². The number of fused-ring (bicyclic) bond motifs is 1. The number of anilines is 1. The number of carbonyl (C=O) groups is 1. The zero-order valence-electron chi connectivity index (χ0n) is 16.2. The molecule has 154 valence electrons. The largest absolute Gasteiger partial charge is 0.497 e. The number of hydrogen-bond acceptors (Lipinski definition) is 6. The summed E-state index contributed by atoms with van der Waals surface area (Å²) in [6.07, 6.45) is 1.07. The number of nitrogens with one attached hydrogen (secondary N) is 1. The van der Waals surface area contributed by atoms with Crippen LogP contribution in [-0.4, -0.2) is 45.1 Å². The summed E-state index contributed by atoms with van der Waals surface area (Å²) in [6.45, 7) is 2.16. The number of amides is 1. The summed E-state index contributed by atoms with van der Waals surface area (Å²) in [5.74, 6) is 1.24. The third-order valence-electron chi connectivity index (χ3n) is 5.13. The number of rotatable bonds is 5. The number of aryl methyl sites for hydroxylation is 1. The number of methoxy groups -OCH3 is 1. The minimum Gasteiger partial charge on any atom is -0.497 e. The molecule has 2 aromatic carbocycles. The first-order chi connectivity index (χ1) is 13.9. The minimum atomic E-state index is -3.85. The van der Waals surface area contributed by atoms with Gasteiger partial charge in [-0.25, -0.2) is 8.42 Å². The molecule has 0 aromatic heterocycles. The van der Waals surface area contributed by atoms with E-state index in [1.54, 1.807) is 37.3 Å². The van der Waals surface area contributed by atoms with Crippen LogP contribution in [0.5, 0.6) is 17.2 Å². The average molecular weight is 418 g/mol. The zero-order chi connectivity index (χ0) is 20.6. The van der Waals surface area contributed by atoms with Gasteiger partial charge in [-0.15, -0.1) is 0 Å². The Morgan fingerprint density at radius 3 is 2.76 bits per heavy atom. The number of hydrogen-bond donors (Lipinski definition) is 1. The van der Waals surface area contributed by atoms with Gasteiger partial charge in [-0.3, -0.25) is 4.79 Å². The van der Waals surface area contributed by atoms with E-state index in [0.717, 1.165) is 0 Å². The van der Waals surface area contributed by atoms with Gasteiger partial charge in [-0.2, -0.15) is 4.31 Å². The number of carbonyl (C=O) groups excluding carboxylic acids is 1. The second kappa shape index (κ2) is 7.57. The Morgan fingerprint density at radius 1 is 1.17 bits per heavy atom. The zero-order valence-corrected chi connectivity index (χ0v) is 17.0. The SMILES string of the molecule is COc1ccc(C)c(S(=O)(=O)N2CCC[C@H]2C(=O)Nc2ccc3c(c2)OCO3)c1. The first-order valence-corrected chi connectivity index (χ1v) is 10.7. The lowest BCUT2D eigenvalue weighted by molar-refractivity contribution is -0.119. The molecule has 4 rings (SSSR count). The third-order valence-corrected chi connectivity index (χ3v) is 7.18. The minimum absolute atomic E-state index is 0.140. The van der Waals surface area contributed by atoms with Crippen LogP contribution >= 0.6 is 0 Å². The average Bonchev–Trinajstić information content (AvgIpc) is 3.37. The van der Waals surface area contributed by atoms with Gasteiger partial charge in [0, 0.05) is 24.4 Å². The van der Waals surface area contributed by atoms with Crippen molar-refractivity contribution in [3.8, 4) is 17.2 Å². The Labute approximate surface area is 169 Å². The van der Waals surface area contributed by atoms with Crippen molar-refractivity contribution in [3.05, 3.63) is 42.0 Å². The molecular weight excluding hydrogens is 396 g/mol. The fourth-order valence-electron chi connectivity index (χ4n) is 3.60. The summed E-state index contributed by atoms with van der Waals surface area (Å²) in [5.41, 5.74) is 1.13. The van der Waals surface area contributed by atoms with Gasteiger partial charge in [0.2, 0.25) is 22.7 Å². The number of benzene rings is 2. The van der Waals surface area contributed by atoms with Crippen LogP contribution in [0.25, 0.3) is 0 Å². The Bertz CT molecular complexity index is 1050. The molecule has 1 amide bonds. The number of ether oxygens (including phenoxy) is 3. The molecule has 1 saturated heterocycles. The van der Waals surface area contributed by atoms with E-state index in [2.05, 4.69) is 5.32 Å². The topological polar surface area (TPSA) is 94.2 Å². The van der Waals surface area contributed by atoms with Gasteiger partial charge in [-0.1, -0.05) is 6.07 Å². The van der Waals surface area contributed by atoms with Gasteiger partial charge in [-0.05, 0) is 43.5 Å². The van der Waals surface area contributed by atoms with Crippen molar-refractivity contribution >= 4 is 21.6 Å². The third kappa shape index (κ3) is 3.63. The molecule has 0 unspecified atom stereocenters. The van der Waals surface area contributed by atoms with E-state index in [1.807, 2.05) is 0 Å². The standard InChI is InChI=1S/C20H22N2O6S/c1-13-5-7-15(26-2)11-19(13)29(24,25)22-9-3-4-16(22)20(23)21-14-6-8-17-18(10-14)28-12-27-17/h5-8,10-11,16H,3-4,9,12H2,1-2H3,(H,21,23)/t16-/m0/s1. The Balaban J connectivity index is 1.57. The maximum Gasteiger partial charge on any atom is 0.244 e. The molecule has 29 heavy (non-hydrogen) atoms. The fraction of sp³-hybridized carbons (Fsp3) is 0.350. The lowest BCUT2D eigenvalue weighted by atomic mass is 10.2. The van der Waals surface area contributed by atoms with Gasteiger partial charge >= 0.3 is 0 Å². The van der Waals surface area contributed by atoms with E-state index in [1.165, 1.54) is 17.5 Å². The highest BCUT2D eigenvalue weighted by atomic mass is 32.2. The summed E-state index contributed by atoms with van der Waals surface area (Å²) in [7, 11) is -2.37. The second-order valence-electron chi connectivity index (χ2n) is 6.96. The molecular formula is C20H22N2O6S. The molecule has 0 radical (unpaired) electrons. The summed E-state index contributed by atoms with van der Waals surface area (Å²) in [4.78, 5) is 13.0. The van der Waals surface area contributed by atoms with Gasteiger partial charge < -0.3 is 19.5 Å². The highest BCUT2D eigenvalue weighted by Gasteiger charge is 2.40. The van der Waals surface area contributed by atoms with Crippen molar-refractivity contribution in [2.75, 3.05) is 25.8 Å². The predicted molar refractivity (Wildman–Crippen MR) is 106 cm³/mol. The normalized spacial score (nSPS) is 18.6. The van der Waals surface area contributed by atoms with Crippen LogP contribution in [0.15, 0.2) is 41.3 Å². The molecule has 2 aliphatic heterocycles. The molecule has 1 atom stereocenters. The number of nitrogens with zero attached hydrogens (tertiary/aromatic N) is 1. The van der Waals surface area contributed by atoms with Crippen molar-refractivity contribution in [2.24, 2.45) is 0 Å². The van der Waals surface area contributed by atoms with Crippen LogP contribution in [-0.2, 0) is 14.8 Å². The summed E-state index contributed by atoms with van der Waals surface area (Å²) in [5, 5.41) is 2.80.